The maximum absolute atomic E-state index is 13.9. The van der Waals surface area contributed by atoms with Crippen molar-refractivity contribution in [3.63, 3.8) is 0 Å². The highest BCUT2D eigenvalue weighted by molar-refractivity contribution is 7.99. The molecule has 1 atom stereocenters. The molecule has 0 aliphatic rings. The fourth-order valence-electron chi connectivity index (χ4n) is 1.65. The quantitative estimate of drug-likeness (QED) is 0.912. The van der Waals surface area contributed by atoms with E-state index >= 15 is 0 Å². The Morgan fingerprint density at radius 2 is 2.21 bits per heavy atom. The third kappa shape index (κ3) is 3.54. The number of nitrogens with two attached hydrogens (primary N) is 1. The fourth-order valence-corrected chi connectivity index (χ4v) is 2.54. The summed E-state index contributed by atoms with van der Waals surface area (Å²) in [6, 6.07) is 4.90. The van der Waals surface area contributed by atoms with E-state index in [0.717, 1.165) is 11.3 Å². The maximum atomic E-state index is 13.9. The van der Waals surface area contributed by atoms with Crippen molar-refractivity contribution < 1.29 is 8.81 Å². The Hall–Kier alpha value is -1.40. The van der Waals surface area contributed by atoms with E-state index in [1.807, 2.05) is 13.0 Å². The first-order valence-electron chi connectivity index (χ1n) is 6.11. The van der Waals surface area contributed by atoms with Crippen LogP contribution >= 0.6 is 11.8 Å². The van der Waals surface area contributed by atoms with E-state index in [0.29, 0.717) is 23.1 Å². The summed E-state index contributed by atoms with van der Waals surface area (Å²) < 4.78 is 19.2. The minimum atomic E-state index is -0.245. The van der Waals surface area contributed by atoms with Crippen LogP contribution in [0.25, 0.3) is 0 Å². The minimum Gasteiger partial charge on any atom is -0.416 e. The molecule has 0 radical (unpaired) electrons. The molecule has 0 saturated carbocycles. The molecule has 6 heteroatoms. The van der Waals surface area contributed by atoms with Crippen molar-refractivity contribution in [3.8, 4) is 0 Å². The lowest BCUT2D eigenvalue weighted by molar-refractivity contribution is 0.429. The lowest BCUT2D eigenvalue weighted by Crippen LogP contribution is -2.22. The van der Waals surface area contributed by atoms with Crippen LogP contribution in [0, 0.1) is 12.7 Å². The number of hydrogen-bond acceptors (Lipinski definition) is 5. The first-order valence-corrected chi connectivity index (χ1v) is 6.92. The molecule has 0 saturated heterocycles. The molecule has 1 unspecified atom stereocenters. The summed E-state index contributed by atoms with van der Waals surface area (Å²) in [6.07, 6.45) is 1.30. The molecule has 102 valence electrons. The molecule has 0 aliphatic heterocycles. The smallest absolute Gasteiger partial charge is 0.281 e. The Bertz CT molecular complexity index is 559. The normalized spacial score (nSPS) is 12.6. The number of rotatable bonds is 5. The molecule has 19 heavy (non-hydrogen) atoms. The minimum absolute atomic E-state index is 0.0549. The molecule has 0 amide bonds. The highest BCUT2D eigenvalue weighted by atomic mass is 32.2. The van der Waals surface area contributed by atoms with Crippen LogP contribution in [-0.4, -0.2) is 16.2 Å². The van der Waals surface area contributed by atoms with Gasteiger partial charge < -0.3 is 10.2 Å². The molecular weight excluding hydrogens is 265 g/mol. The Labute approximate surface area is 115 Å². The number of nitrogens with zero attached hydrogens (tertiary/aromatic N) is 2. The summed E-state index contributed by atoms with van der Waals surface area (Å²) in [5.41, 5.74) is 6.52. The third-order valence-electron chi connectivity index (χ3n) is 2.77. The molecule has 0 aliphatic carbocycles. The van der Waals surface area contributed by atoms with Crippen LogP contribution in [0.5, 0.6) is 0 Å². The summed E-state index contributed by atoms with van der Waals surface area (Å²) in [5, 5.41) is 8.07. The van der Waals surface area contributed by atoms with Gasteiger partial charge in [-0.05, 0) is 36.7 Å². The molecule has 2 aromatic rings. The van der Waals surface area contributed by atoms with E-state index in [9.17, 15) is 4.39 Å². The number of hydrogen-bond donors (Lipinski definition) is 1. The molecule has 2 N–H and O–H groups in total. The zero-order chi connectivity index (χ0) is 13.8. The summed E-state index contributed by atoms with van der Waals surface area (Å²) in [7, 11) is 0. The van der Waals surface area contributed by atoms with E-state index in [4.69, 9.17) is 10.2 Å². The second-order valence-corrected chi connectivity index (χ2v) is 5.27. The number of aryl methyl sites for hydroxylation is 1. The molecule has 0 spiro atoms. The summed E-state index contributed by atoms with van der Waals surface area (Å²) >= 11 is 1.27. The highest BCUT2D eigenvalue weighted by Crippen LogP contribution is 2.31. The first-order chi connectivity index (χ1) is 9.10. The summed E-state index contributed by atoms with van der Waals surface area (Å²) in [6.45, 7) is 3.70. The van der Waals surface area contributed by atoms with Crippen molar-refractivity contribution >= 4 is 11.8 Å². The van der Waals surface area contributed by atoms with E-state index in [2.05, 4.69) is 10.2 Å². The predicted molar refractivity (Wildman–Crippen MR) is 71.5 cm³/mol. The zero-order valence-electron chi connectivity index (χ0n) is 10.9. The van der Waals surface area contributed by atoms with Crippen molar-refractivity contribution in [1.82, 2.24) is 10.2 Å². The lowest BCUT2D eigenvalue weighted by Gasteiger charge is -2.12. The van der Waals surface area contributed by atoms with Gasteiger partial charge in [0.1, 0.15) is 5.82 Å². The molecular formula is C13H16FN3OS. The highest BCUT2D eigenvalue weighted by Gasteiger charge is 2.15. The molecule has 0 fully saturated rings. The molecule has 0 bridgehead atoms. The van der Waals surface area contributed by atoms with Crippen molar-refractivity contribution in [3.05, 3.63) is 35.5 Å². The summed E-state index contributed by atoms with van der Waals surface area (Å²) in [4.78, 5) is 0.771. The van der Waals surface area contributed by atoms with Gasteiger partial charge in [-0.15, -0.1) is 10.2 Å². The van der Waals surface area contributed by atoms with E-state index in [1.54, 1.807) is 13.0 Å². The van der Waals surface area contributed by atoms with Gasteiger partial charge in [0, 0.05) is 23.4 Å². The third-order valence-corrected chi connectivity index (χ3v) is 3.71. The second kappa shape index (κ2) is 6.16. The second-order valence-electron chi connectivity index (χ2n) is 4.28. The lowest BCUT2D eigenvalue weighted by atomic mass is 10.0. The Morgan fingerprint density at radius 1 is 1.42 bits per heavy atom. The van der Waals surface area contributed by atoms with Crippen molar-refractivity contribution in [2.45, 2.75) is 42.8 Å². The largest absolute Gasteiger partial charge is 0.416 e. The van der Waals surface area contributed by atoms with Crippen LogP contribution in [0.15, 0.2) is 32.7 Å². The van der Waals surface area contributed by atoms with Gasteiger partial charge in [-0.3, -0.25) is 0 Å². The molecule has 1 heterocycles. The number of halogens is 1. The van der Waals surface area contributed by atoms with Crippen LogP contribution in [0.4, 0.5) is 4.39 Å². The van der Waals surface area contributed by atoms with E-state index in [-0.39, 0.29) is 11.9 Å². The van der Waals surface area contributed by atoms with E-state index in [1.165, 1.54) is 17.8 Å². The van der Waals surface area contributed by atoms with Gasteiger partial charge in [0.05, 0.1) is 0 Å². The standard InChI is InChI=1S/C13H16FN3OS/c1-3-9(15)7-10-11(14)5-4-6-12(10)19-13-17-16-8(2)18-13/h4-6,9H,3,7,15H2,1-2H3. The summed E-state index contributed by atoms with van der Waals surface area (Å²) in [5.74, 6) is 0.246. The Balaban J connectivity index is 2.26. The predicted octanol–water partition coefficient (Wildman–Crippen LogP) is 2.95. The van der Waals surface area contributed by atoms with Crippen LogP contribution in [0.3, 0.4) is 0 Å². The fraction of sp³-hybridized carbons (Fsp3) is 0.385. The van der Waals surface area contributed by atoms with Crippen LogP contribution < -0.4 is 5.73 Å². The number of benzene rings is 1. The molecule has 1 aromatic carbocycles. The molecule has 1 aromatic heterocycles. The zero-order valence-corrected chi connectivity index (χ0v) is 11.7. The Kier molecular flexibility index (Phi) is 4.55. The van der Waals surface area contributed by atoms with Gasteiger partial charge in [-0.2, -0.15) is 0 Å². The van der Waals surface area contributed by atoms with Crippen LogP contribution in [0.1, 0.15) is 24.8 Å². The average Bonchev–Trinajstić information content (AvgIpc) is 2.79. The molecule has 4 nitrogen and oxygen atoms in total. The van der Waals surface area contributed by atoms with Gasteiger partial charge in [-0.1, -0.05) is 13.0 Å². The van der Waals surface area contributed by atoms with Gasteiger partial charge in [-0.25, -0.2) is 4.39 Å². The van der Waals surface area contributed by atoms with Gasteiger partial charge in [0.25, 0.3) is 5.22 Å². The van der Waals surface area contributed by atoms with Gasteiger partial charge in [0.15, 0.2) is 0 Å². The van der Waals surface area contributed by atoms with Crippen molar-refractivity contribution in [2.75, 3.05) is 0 Å². The molecule has 2 rings (SSSR count). The van der Waals surface area contributed by atoms with Crippen molar-refractivity contribution in [1.29, 1.82) is 0 Å². The topological polar surface area (TPSA) is 64.9 Å². The van der Waals surface area contributed by atoms with Gasteiger partial charge >= 0.3 is 0 Å². The number of aromatic nitrogens is 2. The SMILES string of the molecule is CCC(N)Cc1c(F)cccc1Sc1nnc(C)o1. The average molecular weight is 281 g/mol. The first kappa shape index (κ1) is 14.0. The Morgan fingerprint density at radius 3 is 2.84 bits per heavy atom. The van der Waals surface area contributed by atoms with Crippen LogP contribution in [-0.2, 0) is 6.42 Å². The van der Waals surface area contributed by atoms with Gasteiger partial charge in [0.2, 0.25) is 5.89 Å². The monoisotopic (exact) mass is 281 g/mol. The van der Waals surface area contributed by atoms with Crippen molar-refractivity contribution in [2.24, 2.45) is 5.73 Å². The maximum Gasteiger partial charge on any atom is 0.281 e. The van der Waals surface area contributed by atoms with E-state index < -0.39 is 0 Å². The van der Waals surface area contributed by atoms with Crippen LogP contribution in [0.2, 0.25) is 0 Å².